The van der Waals surface area contributed by atoms with E-state index >= 15 is 0 Å². The summed E-state index contributed by atoms with van der Waals surface area (Å²) in [5.41, 5.74) is 3.30. The Balaban J connectivity index is 2.04. The lowest BCUT2D eigenvalue weighted by molar-refractivity contribution is -0.116. The molecule has 118 valence electrons. The van der Waals surface area contributed by atoms with Crippen LogP contribution in [0.2, 0.25) is 0 Å². The van der Waals surface area contributed by atoms with E-state index in [2.05, 4.69) is 21.8 Å². The number of hydrogen-bond donors (Lipinski definition) is 2. The van der Waals surface area contributed by atoms with E-state index in [1.165, 1.54) is 11.1 Å². The largest absolute Gasteiger partial charge is 0.374 e. The van der Waals surface area contributed by atoms with Crippen LogP contribution in [0.4, 0.5) is 11.5 Å². The summed E-state index contributed by atoms with van der Waals surface area (Å²) in [5, 5.41) is 10.4. The summed E-state index contributed by atoms with van der Waals surface area (Å²) in [6, 6.07) is 7.85. The maximum absolute atomic E-state index is 12.3. The molecule has 0 radical (unpaired) electrons. The molecule has 5 heteroatoms. The van der Waals surface area contributed by atoms with Crippen LogP contribution in [0.15, 0.2) is 30.5 Å². The Bertz CT molecular complexity index is 640. The molecule has 0 aliphatic carbocycles. The van der Waals surface area contributed by atoms with Crippen molar-refractivity contribution >= 4 is 17.4 Å². The molecule has 0 bridgehead atoms. The van der Waals surface area contributed by atoms with Crippen LogP contribution in [-0.4, -0.2) is 21.7 Å². The highest BCUT2D eigenvalue weighted by atomic mass is 16.2. The monoisotopic (exact) mass is 300 g/mol. The van der Waals surface area contributed by atoms with Gasteiger partial charge in [0.05, 0.1) is 6.20 Å². The van der Waals surface area contributed by atoms with Crippen LogP contribution in [0.5, 0.6) is 0 Å². The zero-order valence-corrected chi connectivity index (χ0v) is 13.8. The summed E-state index contributed by atoms with van der Waals surface area (Å²) in [6.45, 7) is 10.00. The summed E-state index contributed by atoms with van der Waals surface area (Å²) in [6.07, 6.45) is 1.69. The van der Waals surface area contributed by atoms with Gasteiger partial charge >= 0.3 is 0 Å². The zero-order chi connectivity index (χ0) is 16.3. The van der Waals surface area contributed by atoms with Crippen molar-refractivity contribution < 1.29 is 4.79 Å². The van der Waals surface area contributed by atoms with E-state index in [0.29, 0.717) is 5.82 Å². The fourth-order valence-corrected chi connectivity index (χ4v) is 2.43. The van der Waals surface area contributed by atoms with Crippen molar-refractivity contribution in [2.75, 3.05) is 10.6 Å². The molecule has 1 aromatic heterocycles. The van der Waals surface area contributed by atoms with Gasteiger partial charge in [-0.15, -0.1) is 0 Å². The van der Waals surface area contributed by atoms with Gasteiger partial charge in [0.2, 0.25) is 5.91 Å². The molecule has 0 saturated carbocycles. The van der Waals surface area contributed by atoms with Crippen LogP contribution in [0.3, 0.4) is 0 Å². The Morgan fingerprint density at radius 1 is 1.14 bits per heavy atom. The van der Waals surface area contributed by atoms with Crippen LogP contribution >= 0.6 is 0 Å². The molecule has 1 atom stereocenters. The number of nitrogens with zero attached hydrogens (tertiary/aromatic N) is 2. The van der Waals surface area contributed by atoms with E-state index in [9.17, 15) is 4.79 Å². The second-order valence-electron chi connectivity index (χ2n) is 5.99. The van der Waals surface area contributed by atoms with Crippen LogP contribution in [0.25, 0.3) is 0 Å². The van der Waals surface area contributed by atoms with Gasteiger partial charge in [0, 0.05) is 17.8 Å². The highest BCUT2D eigenvalue weighted by Crippen LogP contribution is 2.16. The molecule has 1 aromatic carbocycles. The van der Waals surface area contributed by atoms with Gasteiger partial charge in [0.25, 0.3) is 0 Å². The van der Waals surface area contributed by atoms with Crippen molar-refractivity contribution in [3.63, 3.8) is 0 Å². The molecule has 0 fully saturated rings. The zero-order valence-electron chi connectivity index (χ0n) is 13.8. The lowest BCUT2D eigenvalue weighted by Crippen LogP contribution is -2.32. The third-order valence-electron chi connectivity index (χ3n) is 3.41. The number of aryl methyl sites for hydroxylation is 2. The SMILES string of the molecule is Cc1cc(C)cc(NC(C)C(=O)Nc2ccnn2C(C)C)c1. The number of amides is 1. The Morgan fingerprint density at radius 2 is 1.77 bits per heavy atom. The third-order valence-corrected chi connectivity index (χ3v) is 3.41. The Labute approximate surface area is 131 Å². The van der Waals surface area contributed by atoms with Gasteiger partial charge in [-0.25, -0.2) is 4.68 Å². The van der Waals surface area contributed by atoms with Gasteiger partial charge in [-0.05, 0) is 57.9 Å². The van der Waals surface area contributed by atoms with Crippen molar-refractivity contribution in [3.8, 4) is 0 Å². The van der Waals surface area contributed by atoms with Crippen LogP contribution in [0.1, 0.15) is 37.9 Å². The number of nitrogens with one attached hydrogen (secondary N) is 2. The number of aromatic nitrogens is 2. The van der Waals surface area contributed by atoms with Gasteiger partial charge in [0.1, 0.15) is 11.9 Å². The summed E-state index contributed by atoms with van der Waals surface area (Å²) in [7, 11) is 0. The maximum atomic E-state index is 12.3. The van der Waals surface area contributed by atoms with Crippen molar-refractivity contribution in [1.29, 1.82) is 0 Å². The fourth-order valence-electron chi connectivity index (χ4n) is 2.43. The van der Waals surface area contributed by atoms with Gasteiger partial charge in [0.15, 0.2) is 0 Å². The summed E-state index contributed by atoms with van der Waals surface area (Å²) >= 11 is 0. The highest BCUT2D eigenvalue weighted by Gasteiger charge is 2.15. The van der Waals surface area contributed by atoms with E-state index in [1.807, 2.05) is 46.8 Å². The van der Waals surface area contributed by atoms with E-state index in [1.54, 1.807) is 16.9 Å². The van der Waals surface area contributed by atoms with Crippen LogP contribution < -0.4 is 10.6 Å². The average Bonchev–Trinajstić information content (AvgIpc) is 2.85. The molecular weight excluding hydrogens is 276 g/mol. The molecule has 0 aliphatic heterocycles. The maximum Gasteiger partial charge on any atom is 0.247 e. The van der Waals surface area contributed by atoms with E-state index in [4.69, 9.17) is 0 Å². The molecule has 22 heavy (non-hydrogen) atoms. The molecule has 0 aliphatic rings. The minimum absolute atomic E-state index is 0.0819. The number of anilines is 2. The Hall–Kier alpha value is -2.30. The fraction of sp³-hybridized carbons (Fsp3) is 0.412. The number of hydrogen-bond acceptors (Lipinski definition) is 3. The molecule has 0 spiro atoms. The molecule has 2 aromatic rings. The number of rotatable bonds is 5. The molecule has 0 saturated heterocycles. The van der Waals surface area contributed by atoms with Crippen LogP contribution in [-0.2, 0) is 4.79 Å². The predicted octanol–water partition coefficient (Wildman–Crippen LogP) is 3.52. The Morgan fingerprint density at radius 3 is 2.36 bits per heavy atom. The first kappa shape index (κ1) is 16.1. The minimum Gasteiger partial charge on any atom is -0.374 e. The second-order valence-corrected chi connectivity index (χ2v) is 5.99. The van der Waals surface area contributed by atoms with Gasteiger partial charge in [-0.2, -0.15) is 5.10 Å². The lowest BCUT2D eigenvalue weighted by atomic mass is 10.1. The third kappa shape index (κ3) is 3.87. The smallest absolute Gasteiger partial charge is 0.247 e. The molecule has 2 rings (SSSR count). The number of benzene rings is 1. The van der Waals surface area contributed by atoms with Crippen molar-refractivity contribution in [1.82, 2.24) is 9.78 Å². The van der Waals surface area contributed by atoms with Crippen molar-refractivity contribution in [3.05, 3.63) is 41.6 Å². The van der Waals surface area contributed by atoms with Crippen LogP contribution in [0, 0.1) is 13.8 Å². The first-order valence-corrected chi connectivity index (χ1v) is 7.56. The first-order valence-electron chi connectivity index (χ1n) is 7.56. The topological polar surface area (TPSA) is 59.0 Å². The quantitative estimate of drug-likeness (QED) is 0.888. The van der Waals surface area contributed by atoms with Crippen molar-refractivity contribution in [2.24, 2.45) is 0 Å². The highest BCUT2D eigenvalue weighted by molar-refractivity contribution is 5.95. The normalized spacial score (nSPS) is 12.3. The van der Waals surface area contributed by atoms with E-state index < -0.39 is 0 Å². The lowest BCUT2D eigenvalue weighted by Gasteiger charge is -2.17. The molecule has 1 unspecified atom stereocenters. The van der Waals surface area contributed by atoms with Gasteiger partial charge in [-0.1, -0.05) is 6.07 Å². The molecule has 1 amide bonds. The summed E-state index contributed by atoms with van der Waals surface area (Å²) < 4.78 is 1.79. The summed E-state index contributed by atoms with van der Waals surface area (Å²) in [4.78, 5) is 12.3. The molecule has 5 nitrogen and oxygen atoms in total. The number of carbonyl (C=O) groups is 1. The summed E-state index contributed by atoms with van der Waals surface area (Å²) in [5.74, 6) is 0.635. The standard InChI is InChI=1S/C17H24N4O/c1-11(2)21-16(6-7-18-21)20-17(22)14(5)19-15-9-12(3)8-13(4)10-15/h6-11,14,19H,1-5H3,(H,20,22). The van der Waals surface area contributed by atoms with Crippen molar-refractivity contribution in [2.45, 2.75) is 46.7 Å². The molecule has 2 N–H and O–H groups in total. The van der Waals surface area contributed by atoms with Gasteiger partial charge in [-0.3, -0.25) is 4.79 Å². The second kappa shape index (κ2) is 6.64. The predicted molar refractivity (Wildman–Crippen MR) is 90.2 cm³/mol. The van der Waals surface area contributed by atoms with E-state index in [-0.39, 0.29) is 18.0 Å². The molecule has 1 heterocycles. The Kier molecular flexibility index (Phi) is 4.85. The average molecular weight is 300 g/mol. The number of carbonyl (C=O) groups excluding carboxylic acids is 1. The minimum atomic E-state index is -0.336. The molecular formula is C17H24N4O. The first-order chi connectivity index (χ1) is 10.4. The van der Waals surface area contributed by atoms with E-state index in [0.717, 1.165) is 5.69 Å². The van der Waals surface area contributed by atoms with Gasteiger partial charge < -0.3 is 10.6 Å².